The van der Waals surface area contributed by atoms with E-state index in [2.05, 4.69) is 10.2 Å². The third-order valence-electron chi connectivity index (χ3n) is 8.02. The van der Waals surface area contributed by atoms with Gasteiger partial charge in [-0.25, -0.2) is 0 Å². The van der Waals surface area contributed by atoms with Crippen LogP contribution in [0.25, 0.3) is 0 Å². The number of fused-ring (bicyclic) bond motifs is 3. The molecule has 1 aliphatic carbocycles. The quantitative estimate of drug-likeness (QED) is 0.320. The Labute approximate surface area is 232 Å². The summed E-state index contributed by atoms with van der Waals surface area (Å²) in [6.07, 6.45) is 0.942. The van der Waals surface area contributed by atoms with E-state index in [0.29, 0.717) is 68.2 Å². The number of nitrogens with zero attached hydrogens (tertiary/aromatic N) is 2. The number of carbonyl (C=O) groups excluding carboxylic acids is 3. The molecule has 40 heavy (non-hydrogen) atoms. The van der Waals surface area contributed by atoms with Crippen molar-refractivity contribution < 1.29 is 43.5 Å². The van der Waals surface area contributed by atoms with Crippen LogP contribution in [0.4, 0.5) is 0 Å². The van der Waals surface area contributed by atoms with Gasteiger partial charge in [-0.15, -0.1) is 0 Å². The summed E-state index contributed by atoms with van der Waals surface area (Å²) in [6, 6.07) is 2.29. The van der Waals surface area contributed by atoms with Crippen molar-refractivity contribution in [3.05, 3.63) is 34.9 Å². The molecule has 3 heterocycles. The Hall–Kier alpha value is -3.03. The molecule has 0 spiro atoms. The molecule has 0 saturated carbocycles. The fraction of sp³-hybridized carbons (Fsp3) is 0.607. The second-order valence-corrected chi connectivity index (χ2v) is 10.4. The third-order valence-corrected chi connectivity index (χ3v) is 8.02. The highest BCUT2D eigenvalue weighted by Crippen LogP contribution is 2.51. The molecule has 2 fully saturated rings. The molecule has 5 rings (SSSR count). The number of ether oxygens (including phenoxy) is 4. The van der Waals surface area contributed by atoms with Gasteiger partial charge in [-0.05, 0) is 31.1 Å². The van der Waals surface area contributed by atoms with Crippen molar-refractivity contribution >= 4 is 18.1 Å². The molecule has 5 unspecified atom stereocenters. The first-order chi connectivity index (χ1) is 19.5. The summed E-state index contributed by atoms with van der Waals surface area (Å²) < 4.78 is 22.9. The molecule has 4 aliphatic rings. The number of aliphatic hydroxyl groups excluding tert-OH is 2. The lowest BCUT2D eigenvalue weighted by Gasteiger charge is -2.42. The second kappa shape index (κ2) is 12.6. The van der Waals surface area contributed by atoms with E-state index in [9.17, 15) is 24.6 Å². The number of morpholine rings is 1. The van der Waals surface area contributed by atoms with Crippen molar-refractivity contribution in [3.8, 4) is 11.5 Å². The first-order valence-electron chi connectivity index (χ1n) is 13.8. The van der Waals surface area contributed by atoms with Crippen LogP contribution >= 0.6 is 0 Å². The molecule has 2 saturated heterocycles. The average molecular weight is 560 g/mol. The Morgan fingerprint density at radius 2 is 2.05 bits per heavy atom. The van der Waals surface area contributed by atoms with Gasteiger partial charge in [0.2, 0.25) is 5.91 Å². The smallest absolute Gasteiger partial charge is 0.252 e. The topological polar surface area (TPSA) is 147 Å². The summed E-state index contributed by atoms with van der Waals surface area (Å²) in [7, 11) is 1.45. The summed E-state index contributed by atoms with van der Waals surface area (Å²) >= 11 is 0. The number of benzene rings is 1. The van der Waals surface area contributed by atoms with Crippen molar-refractivity contribution in [1.82, 2.24) is 15.1 Å². The van der Waals surface area contributed by atoms with Gasteiger partial charge < -0.3 is 39.4 Å². The highest BCUT2D eigenvalue weighted by atomic mass is 16.5. The van der Waals surface area contributed by atoms with Crippen molar-refractivity contribution in [3.63, 3.8) is 0 Å². The number of hydrogen-bond donors (Lipinski definition) is 3. The largest absolute Gasteiger partial charge is 0.493 e. The van der Waals surface area contributed by atoms with Gasteiger partial charge >= 0.3 is 0 Å². The van der Waals surface area contributed by atoms with Crippen molar-refractivity contribution in [2.45, 2.75) is 43.1 Å². The van der Waals surface area contributed by atoms with Crippen molar-refractivity contribution in [2.24, 2.45) is 0 Å². The monoisotopic (exact) mass is 559 g/mol. The second-order valence-electron chi connectivity index (χ2n) is 10.4. The number of nitrogens with one attached hydrogen (secondary N) is 1. The maximum absolute atomic E-state index is 13.8. The fourth-order valence-electron chi connectivity index (χ4n) is 6.00. The first-order valence-corrected chi connectivity index (χ1v) is 13.8. The summed E-state index contributed by atoms with van der Waals surface area (Å²) in [6.45, 7) is 3.85. The van der Waals surface area contributed by atoms with E-state index in [4.69, 9.17) is 18.9 Å². The van der Waals surface area contributed by atoms with Gasteiger partial charge in [-0.1, -0.05) is 0 Å². The van der Waals surface area contributed by atoms with Crippen LogP contribution < -0.4 is 14.8 Å². The molecule has 0 bridgehead atoms. The molecule has 2 amide bonds. The lowest BCUT2D eigenvalue weighted by Crippen LogP contribution is -2.58. The molecular weight excluding hydrogens is 522 g/mol. The van der Waals surface area contributed by atoms with Crippen LogP contribution in [-0.2, 0) is 19.1 Å². The van der Waals surface area contributed by atoms with E-state index >= 15 is 0 Å². The van der Waals surface area contributed by atoms with Crippen molar-refractivity contribution in [2.75, 3.05) is 66.3 Å². The summed E-state index contributed by atoms with van der Waals surface area (Å²) in [5.74, 6) is -0.754. The van der Waals surface area contributed by atoms with Crippen LogP contribution in [0.1, 0.15) is 34.7 Å². The Balaban J connectivity index is 1.53. The summed E-state index contributed by atoms with van der Waals surface area (Å²) in [5, 5.41) is 23.8. The van der Waals surface area contributed by atoms with Crippen molar-refractivity contribution in [1.29, 1.82) is 0 Å². The van der Waals surface area contributed by atoms with E-state index in [-0.39, 0.29) is 24.6 Å². The van der Waals surface area contributed by atoms with Crippen LogP contribution in [0, 0.1) is 0 Å². The van der Waals surface area contributed by atoms with E-state index < -0.39 is 36.2 Å². The van der Waals surface area contributed by atoms with Gasteiger partial charge in [0.05, 0.1) is 38.9 Å². The third kappa shape index (κ3) is 5.59. The molecule has 3 N–H and O–H groups in total. The van der Waals surface area contributed by atoms with Crippen LogP contribution in [0.15, 0.2) is 23.8 Å². The minimum Gasteiger partial charge on any atom is -0.493 e. The van der Waals surface area contributed by atoms with E-state index in [0.717, 1.165) is 19.5 Å². The fourth-order valence-corrected chi connectivity index (χ4v) is 6.00. The average Bonchev–Trinajstić information content (AvgIpc) is 3.66. The maximum atomic E-state index is 13.8. The minimum atomic E-state index is -1.19. The normalized spacial score (nSPS) is 27.7. The van der Waals surface area contributed by atoms with Crippen LogP contribution in [0.2, 0.25) is 0 Å². The molecule has 12 nitrogen and oxygen atoms in total. The molecule has 3 aliphatic heterocycles. The number of carbonyl (C=O) groups is 3. The van der Waals surface area contributed by atoms with Gasteiger partial charge in [0, 0.05) is 56.0 Å². The molecule has 12 heteroatoms. The van der Waals surface area contributed by atoms with E-state index in [1.165, 1.54) is 13.2 Å². The highest BCUT2D eigenvalue weighted by molar-refractivity contribution is 5.96. The lowest BCUT2D eigenvalue weighted by atomic mass is 9.77. The van der Waals surface area contributed by atoms with Gasteiger partial charge in [0.15, 0.2) is 11.5 Å². The molecule has 1 aromatic rings. The number of rotatable bonds is 10. The lowest BCUT2D eigenvalue weighted by molar-refractivity contribution is -0.147. The number of methoxy groups -OCH3 is 1. The van der Waals surface area contributed by atoms with E-state index in [1.807, 2.05) is 0 Å². The maximum Gasteiger partial charge on any atom is 0.252 e. The number of amides is 2. The number of hydrogen-bond acceptors (Lipinski definition) is 10. The number of aldehydes is 1. The van der Waals surface area contributed by atoms with Gasteiger partial charge in [0.25, 0.3) is 5.91 Å². The summed E-state index contributed by atoms with van der Waals surface area (Å²) in [5.41, 5.74) is 1.17. The van der Waals surface area contributed by atoms with Gasteiger partial charge in [0.1, 0.15) is 24.6 Å². The highest BCUT2D eigenvalue weighted by Gasteiger charge is 2.52. The Bertz CT molecular complexity index is 1130. The Morgan fingerprint density at radius 3 is 2.73 bits per heavy atom. The first kappa shape index (κ1) is 28.5. The van der Waals surface area contributed by atoms with Gasteiger partial charge in [-0.2, -0.15) is 0 Å². The molecule has 5 atom stereocenters. The standard InChI is InChI=1S/C28H37N3O9/c1-37-22-14-17(16-33)13-18-23-19(27(35)29-4-9-32)15-20(24(34)26(23)40-25(18)22)31(28(36)21-3-2-10-39-21)6-5-30-7-11-38-12-8-30/h13-16,20-21,23-24,26,32,34H,2-12H2,1H3,(H,29,35). The number of aliphatic hydroxyl groups is 2. The predicted molar refractivity (Wildman–Crippen MR) is 141 cm³/mol. The molecule has 218 valence electrons. The molecule has 0 aromatic heterocycles. The molecule has 0 radical (unpaired) electrons. The van der Waals surface area contributed by atoms with Crippen LogP contribution in [0.5, 0.6) is 11.5 Å². The Kier molecular flexibility index (Phi) is 9.01. The zero-order chi connectivity index (χ0) is 28.2. The zero-order valence-electron chi connectivity index (χ0n) is 22.6. The zero-order valence-corrected chi connectivity index (χ0v) is 22.6. The molecule has 1 aromatic carbocycles. The van der Waals surface area contributed by atoms with E-state index in [1.54, 1.807) is 17.0 Å². The summed E-state index contributed by atoms with van der Waals surface area (Å²) in [4.78, 5) is 42.7. The Morgan fingerprint density at radius 1 is 1.25 bits per heavy atom. The minimum absolute atomic E-state index is 0.0295. The van der Waals surface area contributed by atoms with Crippen LogP contribution in [0.3, 0.4) is 0 Å². The van der Waals surface area contributed by atoms with Gasteiger partial charge in [-0.3, -0.25) is 19.3 Å². The predicted octanol–water partition coefficient (Wildman–Crippen LogP) is -0.530. The molecular formula is C28H37N3O9. The SMILES string of the molecule is COc1cc(C=O)cc2c1OC1C2C(C(=O)NCCO)=CC(N(CCN2CCOCC2)C(=O)C2CCCO2)C1O. The van der Waals surface area contributed by atoms with Crippen LogP contribution in [-0.4, -0.2) is 129 Å².